The molecule has 0 aromatic heterocycles. The van der Waals surface area contributed by atoms with Crippen molar-refractivity contribution in [3.05, 3.63) is 59.7 Å². The molecule has 0 saturated carbocycles. The van der Waals surface area contributed by atoms with Gasteiger partial charge in [-0.2, -0.15) is 0 Å². The molecule has 0 fully saturated rings. The van der Waals surface area contributed by atoms with Crippen molar-refractivity contribution in [1.82, 2.24) is 10.6 Å². The van der Waals surface area contributed by atoms with Gasteiger partial charge in [0.15, 0.2) is 0 Å². The van der Waals surface area contributed by atoms with Gasteiger partial charge in [0.1, 0.15) is 12.6 Å². The number of hydrogen-bond acceptors (Lipinski definition) is 5. The van der Waals surface area contributed by atoms with Gasteiger partial charge in [-0.1, -0.05) is 68.3 Å². The Morgan fingerprint density at radius 3 is 2.14 bits per heavy atom. The van der Waals surface area contributed by atoms with Crippen molar-refractivity contribution in [3.8, 4) is 11.1 Å². The fraction of sp³-hybridized carbons (Fsp3) is 0.444. The van der Waals surface area contributed by atoms with Crippen LogP contribution in [0.25, 0.3) is 11.1 Å². The van der Waals surface area contributed by atoms with Crippen LogP contribution in [0.5, 0.6) is 0 Å². The molecular weight excluding hydrogens is 448 g/mol. The molecule has 0 heterocycles. The van der Waals surface area contributed by atoms with Gasteiger partial charge in [-0.15, -0.1) is 0 Å². The quantitative estimate of drug-likeness (QED) is 0.420. The first-order chi connectivity index (χ1) is 16.8. The van der Waals surface area contributed by atoms with Gasteiger partial charge in [-0.25, -0.2) is 4.79 Å². The van der Waals surface area contributed by atoms with E-state index in [1.54, 1.807) is 6.92 Å². The standard InChI is InChI=1S/C27H34N2O6/c1-4-5-10-18(15-24(30)31)28-26(32)25(17(2)34-3)29-27(33)35-16-23-21-13-8-6-11-19(21)20-12-7-9-14-22(20)23/h6-9,11-14,17-18,23,25H,4-5,10,15-16H2,1-3H3,(H,28,32)(H,29,33)(H,30,31). The summed E-state index contributed by atoms with van der Waals surface area (Å²) in [6, 6.07) is 14.5. The summed E-state index contributed by atoms with van der Waals surface area (Å²) in [6.07, 6.45) is 0.620. The van der Waals surface area contributed by atoms with Crippen LogP contribution in [0.3, 0.4) is 0 Å². The highest BCUT2D eigenvalue weighted by Crippen LogP contribution is 2.44. The fourth-order valence-electron chi connectivity index (χ4n) is 4.48. The van der Waals surface area contributed by atoms with Crippen molar-refractivity contribution in [2.24, 2.45) is 0 Å². The van der Waals surface area contributed by atoms with Crippen LogP contribution in [0.1, 0.15) is 56.6 Å². The number of fused-ring (bicyclic) bond motifs is 3. The van der Waals surface area contributed by atoms with Crippen molar-refractivity contribution >= 4 is 18.0 Å². The minimum Gasteiger partial charge on any atom is -0.481 e. The SMILES string of the molecule is CCCCC(CC(=O)O)NC(=O)C(NC(=O)OCC1c2ccccc2-c2ccccc21)C(C)OC. The van der Waals surface area contributed by atoms with Crippen molar-refractivity contribution in [2.75, 3.05) is 13.7 Å². The second-order valence-corrected chi connectivity index (χ2v) is 8.83. The monoisotopic (exact) mass is 482 g/mol. The maximum Gasteiger partial charge on any atom is 0.407 e. The number of unbranched alkanes of at least 4 members (excludes halogenated alkanes) is 1. The second-order valence-electron chi connectivity index (χ2n) is 8.83. The number of hydrogen-bond donors (Lipinski definition) is 3. The third-order valence-electron chi connectivity index (χ3n) is 6.41. The van der Waals surface area contributed by atoms with Crippen LogP contribution in [0, 0.1) is 0 Å². The summed E-state index contributed by atoms with van der Waals surface area (Å²) in [5.41, 5.74) is 4.43. The molecule has 0 bridgehead atoms. The lowest BCUT2D eigenvalue weighted by molar-refractivity contribution is -0.138. The number of carboxylic acid groups (broad SMARTS) is 1. The van der Waals surface area contributed by atoms with Gasteiger partial charge in [-0.3, -0.25) is 9.59 Å². The van der Waals surface area contributed by atoms with Crippen molar-refractivity contribution in [1.29, 1.82) is 0 Å². The first-order valence-corrected chi connectivity index (χ1v) is 12.0. The minimum absolute atomic E-state index is 0.103. The average Bonchev–Trinajstić information content (AvgIpc) is 3.17. The average molecular weight is 483 g/mol. The lowest BCUT2D eigenvalue weighted by Crippen LogP contribution is -2.55. The Bertz CT molecular complexity index is 994. The van der Waals surface area contributed by atoms with Gasteiger partial charge in [0, 0.05) is 19.1 Å². The number of alkyl carbamates (subject to hydrolysis) is 1. The van der Waals surface area contributed by atoms with E-state index in [-0.39, 0.29) is 18.9 Å². The largest absolute Gasteiger partial charge is 0.481 e. The number of carboxylic acids is 1. The molecule has 1 aliphatic rings. The number of benzene rings is 2. The van der Waals surface area contributed by atoms with Gasteiger partial charge >= 0.3 is 12.1 Å². The molecular formula is C27H34N2O6. The van der Waals surface area contributed by atoms with Gasteiger partial charge in [0.05, 0.1) is 12.5 Å². The van der Waals surface area contributed by atoms with E-state index in [2.05, 4.69) is 22.8 Å². The first-order valence-electron chi connectivity index (χ1n) is 12.0. The molecule has 3 atom stereocenters. The van der Waals surface area contributed by atoms with E-state index in [9.17, 15) is 19.5 Å². The van der Waals surface area contributed by atoms with E-state index >= 15 is 0 Å². The summed E-state index contributed by atoms with van der Waals surface area (Å²) < 4.78 is 10.9. The molecule has 1 aliphatic carbocycles. The molecule has 3 rings (SSSR count). The van der Waals surface area contributed by atoms with Crippen LogP contribution in [-0.4, -0.2) is 55.0 Å². The number of rotatable bonds is 12. The second kappa shape index (κ2) is 12.4. The number of amides is 2. The van der Waals surface area contributed by atoms with E-state index in [0.29, 0.717) is 6.42 Å². The Balaban J connectivity index is 1.66. The molecule has 0 aliphatic heterocycles. The number of ether oxygens (including phenoxy) is 2. The van der Waals surface area contributed by atoms with Gasteiger partial charge in [-0.05, 0) is 35.6 Å². The first kappa shape index (κ1) is 26.2. The van der Waals surface area contributed by atoms with E-state index in [4.69, 9.17) is 9.47 Å². The zero-order valence-electron chi connectivity index (χ0n) is 20.5. The minimum atomic E-state index is -1.03. The molecule has 0 radical (unpaired) electrons. The molecule has 8 nitrogen and oxygen atoms in total. The maximum absolute atomic E-state index is 13.0. The highest BCUT2D eigenvalue weighted by atomic mass is 16.5. The zero-order chi connectivity index (χ0) is 25.4. The third-order valence-corrected chi connectivity index (χ3v) is 6.41. The topological polar surface area (TPSA) is 114 Å². The van der Waals surface area contributed by atoms with Gasteiger partial charge < -0.3 is 25.2 Å². The number of nitrogens with one attached hydrogen (secondary N) is 2. The highest BCUT2D eigenvalue weighted by Gasteiger charge is 2.32. The Labute approximate surface area is 206 Å². The van der Waals surface area contributed by atoms with Crippen molar-refractivity contribution < 1.29 is 29.0 Å². The Morgan fingerprint density at radius 2 is 1.60 bits per heavy atom. The molecule has 3 N–H and O–H groups in total. The lowest BCUT2D eigenvalue weighted by atomic mass is 9.98. The van der Waals surface area contributed by atoms with Crippen LogP contribution in [0.4, 0.5) is 4.79 Å². The van der Waals surface area contributed by atoms with Crippen LogP contribution in [-0.2, 0) is 19.1 Å². The van der Waals surface area contributed by atoms with Crippen LogP contribution >= 0.6 is 0 Å². The molecule has 2 aromatic carbocycles. The molecule has 8 heteroatoms. The molecule has 2 aromatic rings. The van der Waals surface area contributed by atoms with Gasteiger partial charge in [0.25, 0.3) is 0 Å². The van der Waals surface area contributed by atoms with Crippen molar-refractivity contribution in [3.63, 3.8) is 0 Å². The predicted molar refractivity (Wildman–Crippen MR) is 132 cm³/mol. The lowest BCUT2D eigenvalue weighted by Gasteiger charge is -2.26. The molecule has 0 spiro atoms. The Hall–Kier alpha value is -3.39. The van der Waals surface area contributed by atoms with Crippen LogP contribution in [0.15, 0.2) is 48.5 Å². The molecule has 0 saturated heterocycles. The van der Waals surface area contributed by atoms with Crippen molar-refractivity contribution in [2.45, 2.75) is 63.6 Å². The van der Waals surface area contributed by atoms with E-state index < -0.39 is 36.2 Å². The van der Waals surface area contributed by atoms with E-state index in [1.165, 1.54) is 7.11 Å². The number of methoxy groups -OCH3 is 1. The highest BCUT2D eigenvalue weighted by molar-refractivity contribution is 5.87. The summed E-state index contributed by atoms with van der Waals surface area (Å²) in [6.45, 7) is 3.77. The summed E-state index contributed by atoms with van der Waals surface area (Å²) in [4.78, 5) is 36.9. The summed E-state index contributed by atoms with van der Waals surface area (Å²) in [5, 5.41) is 14.5. The maximum atomic E-state index is 13.0. The van der Waals surface area contributed by atoms with Crippen LogP contribution in [0.2, 0.25) is 0 Å². The van der Waals surface area contributed by atoms with E-state index in [1.807, 2.05) is 43.3 Å². The van der Waals surface area contributed by atoms with Gasteiger partial charge in [0.2, 0.25) is 5.91 Å². The zero-order valence-corrected chi connectivity index (χ0v) is 20.5. The summed E-state index contributed by atoms with van der Waals surface area (Å²) in [7, 11) is 1.44. The Morgan fingerprint density at radius 1 is 1.00 bits per heavy atom. The number of carbonyl (C=O) groups excluding carboxylic acids is 2. The normalized spacial score (nSPS) is 14.8. The number of carbonyl (C=O) groups is 3. The molecule has 3 unspecified atom stereocenters. The summed E-state index contributed by atoms with van der Waals surface area (Å²) in [5.74, 6) is -1.60. The molecule has 2 amide bonds. The third kappa shape index (κ3) is 6.60. The predicted octanol–water partition coefficient (Wildman–Crippen LogP) is 4.08. The molecule has 188 valence electrons. The fourth-order valence-corrected chi connectivity index (χ4v) is 4.48. The summed E-state index contributed by atoms with van der Waals surface area (Å²) >= 11 is 0. The Kier molecular flexibility index (Phi) is 9.25. The smallest absolute Gasteiger partial charge is 0.407 e. The number of aliphatic carboxylic acids is 1. The van der Waals surface area contributed by atoms with Crippen LogP contribution < -0.4 is 10.6 Å². The molecule has 35 heavy (non-hydrogen) atoms. The van der Waals surface area contributed by atoms with E-state index in [0.717, 1.165) is 35.1 Å².